The fourth-order valence-corrected chi connectivity index (χ4v) is 3.59. The van der Waals surface area contributed by atoms with Crippen molar-refractivity contribution in [1.82, 2.24) is 9.03 Å². The molecular weight excluding hydrogens is 276 g/mol. The molecule has 20 heavy (non-hydrogen) atoms. The van der Waals surface area contributed by atoms with E-state index in [0.29, 0.717) is 32.5 Å². The minimum atomic E-state index is -3.42. The van der Waals surface area contributed by atoms with E-state index < -0.39 is 10.2 Å². The predicted molar refractivity (Wildman–Crippen MR) is 78.4 cm³/mol. The maximum atomic E-state index is 12.2. The lowest BCUT2D eigenvalue weighted by Gasteiger charge is -2.28. The molecule has 0 bridgehead atoms. The number of rotatable bonds is 6. The Bertz CT molecular complexity index is 543. The van der Waals surface area contributed by atoms with Crippen LogP contribution in [-0.2, 0) is 23.2 Å². The summed E-state index contributed by atoms with van der Waals surface area (Å²) in [5, 5.41) is 9.15. The van der Waals surface area contributed by atoms with Crippen molar-refractivity contribution in [2.75, 3.05) is 13.1 Å². The van der Waals surface area contributed by atoms with Crippen LogP contribution < -0.4 is 4.72 Å². The first-order valence-electron chi connectivity index (χ1n) is 6.98. The summed E-state index contributed by atoms with van der Waals surface area (Å²) >= 11 is 0. The number of hydrogen-bond donors (Lipinski definition) is 2. The summed E-state index contributed by atoms with van der Waals surface area (Å²) in [5.41, 5.74) is 2.31. The Morgan fingerprint density at radius 3 is 2.75 bits per heavy atom. The van der Waals surface area contributed by atoms with Crippen LogP contribution in [0.4, 0.5) is 0 Å². The van der Waals surface area contributed by atoms with Gasteiger partial charge < -0.3 is 5.11 Å². The van der Waals surface area contributed by atoms with Crippen molar-refractivity contribution in [3.05, 3.63) is 35.4 Å². The van der Waals surface area contributed by atoms with Crippen LogP contribution in [0.2, 0.25) is 0 Å². The summed E-state index contributed by atoms with van der Waals surface area (Å²) in [6.07, 6.45) is 1.61. The lowest BCUT2D eigenvalue weighted by atomic mass is 10.0. The standard InChI is InChI=1S/C14H22N2O3S/c1-12(17)5-4-9-15-20(18,19)16-10-8-13-6-2-3-7-14(13)11-16/h2-3,6-7,12,15,17H,4-5,8-11H2,1H3. The summed E-state index contributed by atoms with van der Waals surface area (Å²) in [4.78, 5) is 0. The number of hydrogen-bond acceptors (Lipinski definition) is 3. The van der Waals surface area contributed by atoms with Crippen molar-refractivity contribution in [2.45, 2.75) is 38.8 Å². The smallest absolute Gasteiger partial charge is 0.279 e. The minimum absolute atomic E-state index is 0.366. The molecule has 0 aliphatic carbocycles. The number of fused-ring (bicyclic) bond motifs is 1. The Balaban J connectivity index is 1.91. The molecule has 6 heteroatoms. The first-order valence-corrected chi connectivity index (χ1v) is 8.42. The Labute approximate surface area is 120 Å². The van der Waals surface area contributed by atoms with Gasteiger partial charge in [0.1, 0.15) is 0 Å². The first kappa shape index (κ1) is 15.4. The van der Waals surface area contributed by atoms with E-state index in [1.54, 1.807) is 6.92 Å². The zero-order chi connectivity index (χ0) is 14.6. The van der Waals surface area contributed by atoms with Crippen LogP contribution in [0, 0.1) is 0 Å². The van der Waals surface area contributed by atoms with Crippen LogP contribution in [0.25, 0.3) is 0 Å². The largest absolute Gasteiger partial charge is 0.393 e. The fourth-order valence-electron chi connectivity index (χ4n) is 2.36. The second-order valence-electron chi connectivity index (χ2n) is 5.24. The SMILES string of the molecule is CC(O)CCCNS(=O)(=O)N1CCc2ccccc2C1. The van der Waals surface area contributed by atoms with Gasteiger partial charge in [0.2, 0.25) is 0 Å². The highest BCUT2D eigenvalue weighted by Crippen LogP contribution is 2.20. The summed E-state index contributed by atoms with van der Waals surface area (Å²) in [5.74, 6) is 0. The Hall–Kier alpha value is -0.950. The lowest BCUT2D eigenvalue weighted by Crippen LogP contribution is -2.43. The molecule has 0 spiro atoms. The van der Waals surface area contributed by atoms with Gasteiger partial charge in [-0.05, 0) is 37.3 Å². The quantitative estimate of drug-likeness (QED) is 0.771. The van der Waals surface area contributed by atoms with E-state index in [4.69, 9.17) is 5.11 Å². The molecule has 0 fully saturated rings. The molecule has 1 unspecified atom stereocenters. The van der Waals surface area contributed by atoms with Crippen molar-refractivity contribution in [1.29, 1.82) is 0 Å². The fraction of sp³-hybridized carbons (Fsp3) is 0.571. The summed E-state index contributed by atoms with van der Waals surface area (Å²) in [6, 6.07) is 7.95. The van der Waals surface area contributed by atoms with Gasteiger partial charge in [-0.15, -0.1) is 0 Å². The Kier molecular flexibility index (Phi) is 5.15. The molecule has 0 saturated carbocycles. The van der Waals surface area contributed by atoms with E-state index in [-0.39, 0.29) is 6.10 Å². The summed E-state index contributed by atoms with van der Waals surface area (Å²) in [7, 11) is -3.42. The lowest BCUT2D eigenvalue weighted by molar-refractivity contribution is 0.182. The maximum absolute atomic E-state index is 12.2. The van der Waals surface area contributed by atoms with E-state index in [2.05, 4.69) is 10.8 Å². The Morgan fingerprint density at radius 2 is 2.05 bits per heavy atom. The number of nitrogens with one attached hydrogen (secondary N) is 1. The normalized spacial score (nSPS) is 17.7. The number of aliphatic hydroxyl groups is 1. The molecule has 0 saturated heterocycles. The van der Waals surface area contributed by atoms with Crippen LogP contribution in [0.15, 0.2) is 24.3 Å². The average molecular weight is 298 g/mol. The van der Waals surface area contributed by atoms with Crippen molar-refractivity contribution in [3.63, 3.8) is 0 Å². The highest BCUT2D eigenvalue weighted by molar-refractivity contribution is 7.87. The molecule has 1 heterocycles. The number of aliphatic hydroxyl groups excluding tert-OH is 1. The van der Waals surface area contributed by atoms with Crippen LogP contribution >= 0.6 is 0 Å². The maximum Gasteiger partial charge on any atom is 0.279 e. The Morgan fingerprint density at radius 1 is 1.35 bits per heavy atom. The number of nitrogens with zero attached hydrogens (tertiary/aromatic N) is 1. The van der Waals surface area contributed by atoms with Crippen molar-refractivity contribution in [2.24, 2.45) is 0 Å². The highest BCUT2D eigenvalue weighted by Gasteiger charge is 2.25. The van der Waals surface area contributed by atoms with Crippen molar-refractivity contribution < 1.29 is 13.5 Å². The molecule has 1 aromatic carbocycles. The second-order valence-corrected chi connectivity index (χ2v) is 7.00. The monoisotopic (exact) mass is 298 g/mol. The van der Waals surface area contributed by atoms with Crippen LogP contribution in [-0.4, -0.2) is 37.0 Å². The topological polar surface area (TPSA) is 69.6 Å². The minimum Gasteiger partial charge on any atom is -0.393 e. The van der Waals surface area contributed by atoms with E-state index in [0.717, 1.165) is 12.0 Å². The molecule has 0 amide bonds. The third-order valence-corrected chi connectivity index (χ3v) is 5.08. The van der Waals surface area contributed by atoms with Gasteiger partial charge >= 0.3 is 0 Å². The van der Waals surface area contributed by atoms with Gasteiger partial charge in [0.15, 0.2) is 0 Å². The zero-order valence-electron chi connectivity index (χ0n) is 11.7. The molecule has 0 aromatic heterocycles. The third kappa shape index (κ3) is 4.02. The molecule has 1 aromatic rings. The first-order chi connectivity index (χ1) is 9.49. The van der Waals surface area contributed by atoms with Crippen LogP contribution in [0.1, 0.15) is 30.9 Å². The predicted octanol–water partition coefficient (Wildman–Crippen LogP) is 1.04. The van der Waals surface area contributed by atoms with E-state index in [1.807, 2.05) is 18.2 Å². The molecule has 2 N–H and O–H groups in total. The average Bonchev–Trinajstić information content (AvgIpc) is 2.43. The molecule has 1 atom stereocenters. The molecule has 112 valence electrons. The summed E-state index contributed by atoms with van der Waals surface area (Å²) < 4.78 is 28.5. The van der Waals surface area contributed by atoms with Crippen LogP contribution in [0.5, 0.6) is 0 Å². The zero-order valence-corrected chi connectivity index (χ0v) is 12.6. The van der Waals surface area contributed by atoms with Gasteiger partial charge in [0.05, 0.1) is 6.10 Å². The van der Waals surface area contributed by atoms with Crippen LogP contribution in [0.3, 0.4) is 0 Å². The molecule has 1 aliphatic rings. The third-order valence-electron chi connectivity index (χ3n) is 3.52. The van der Waals surface area contributed by atoms with Crippen molar-refractivity contribution >= 4 is 10.2 Å². The molecule has 2 rings (SSSR count). The van der Waals surface area contributed by atoms with Gasteiger partial charge in [-0.1, -0.05) is 24.3 Å². The van der Waals surface area contributed by atoms with E-state index >= 15 is 0 Å². The molecule has 0 radical (unpaired) electrons. The second kappa shape index (κ2) is 6.67. The van der Waals surface area contributed by atoms with Gasteiger partial charge in [0, 0.05) is 19.6 Å². The summed E-state index contributed by atoms with van der Waals surface area (Å²) in [6.45, 7) is 3.02. The van der Waals surface area contributed by atoms with Gasteiger partial charge in [-0.25, -0.2) is 4.72 Å². The highest BCUT2D eigenvalue weighted by atomic mass is 32.2. The van der Waals surface area contributed by atoms with Gasteiger partial charge in [-0.2, -0.15) is 12.7 Å². The molecular formula is C14H22N2O3S. The van der Waals surface area contributed by atoms with E-state index in [9.17, 15) is 8.42 Å². The van der Waals surface area contributed by atoms with Gasteiger partial charge in [0.25, 0.3) is 10.2 Å². The van der Waals surface area contributed by atoms with Gasteiger partial charge in [-0.3, -0.25) is 0 Å². The number of benzene rings is 1. The molecule has 5 nitrogen and oxygen atoms in total. The van der Waals surface area contributed by atoms with E-state index in [1.165, 1.54) is 9.87 Å². The van der Waals surface area contributed by atoms with Crippen molar-refractivity contribution in [3.8, 4) is 0 Å². The molecule has 1 aliphatic heterocycles.